The number of nitrogens with one attached hydrogen (secondary N) is 1. The largest absolute Gasteiger partial charge is 0.352 e. The average molecular weight is 298 g/mol. The Morgan fingerprint density at radius 2 is 2.00 bits per heavy atom. The van der Waals surface area contributed by atoms with Crippen molar-refractivity contribution in [3.05, 3.63) is 51.8 Å². The van der Waals surface area contributed by atoms with Crippen LogP contribution in [0.5, 0.6) is 0 Å². The summed E-state index contributed by atoms with van der Waals surface area (Å²) in [4.78, 5) is 16.7. The molecule has 2 aromatic rings. The maximum atomic E-state index is 12.2. The molecule has 1 aromatic carbocycles. The Morgan fingerprint density at radius 1 is 1.29 bits per heavy atom. The number of fused-ring (bicyclic) bond motifs is 1. The summed E-state index contributed by atoms with van der Waals surface area (Å²) in [5, 5.41) is 12.9. The summed E-state index contributed by atoms with van der Waals surface area (Å²) < 4.78 is 0. The van der Waals surface area contributed by atoms with E-state index in [2.05, 4.69) is 16.4 Å². The maximum Gasteiger partial charge on any atom is 0.253 e. The molecule has 0 aliphatic carbocycles. The molecule has 1 aliphatic rings. The van der Waals surface area contributed by atoms with Crippen molar-refractivity contribution in [1.29, 1.82) is 5.26 Å². The van der Waals surface area contributed by atoms with Crippen LogP contribution in [0.2, 0.25) is 5.02 Å². The van der Waals surface area contributed by atoms with Crippen LogP contribution in [0.25, 0.3) is 11.1 Å². The molecule has 0 saturated heterocycles. The lowest BCUT2D eigenvalue weighted by Crippen LogP contribution is -2.33. The van der Waals surface area contributed by atoms with Gasteiger partial charge in [-0.3, -0.25) is 9.78 Å². The van der Waals surface area contributed by atoms with Crippen LogP contribution in [0, 0.1) is 18.3 Å². The van der Waals surface area contributed by atoms with Gasteiger partial charge in [-0.15, -0.1) is 0 Å². The fraction of sp³-hybridized carbons (Fsp3) is 0.188. The molecule has 1 aromatic heterocycles. The lowest BCUT2D eigenvalue weighted by atomic mass is 9.90. The Kier molecular flexibility index (Phi) is 3.36. The van der Waals surface area contributed by atoms with Gasteiger partial charge in [0.05, 0.1) is 22.5 Å². The standard InChI is InChI=1S/C16H12ClN3O/c1-9-12(8-18)14(10-2-4-11(17)5-3-10)15-13(20-9)6-7-19-16(15)21/h2-5H,6-7H2,1H3,(H,19,21). The summed E-state index contributed by atoms with van der Waals surface area (Å²) in [5.41, 5.74) is 3.79. The molecule has 0 spiro atoms. The number of benzene rings is 1. The molecule has 104 valence electrons. The van der Waals surface area contributed by atoms with Gasteiger partial charge in [0.15, 0.2) is 0 Å². The summed E-state index contributed by atoms with van der Waals surface area (Å²) in [5.74, 6) is -0.176. The Bertz CT molecular complexity index is 776. The summed E-state index contributed by atoms with van der Waals surface area (Å²) in [6.07, 6.45) is 0.675. The number of amides is 1. The molecule has 5 heteroatoms. The van der Waals surface area contributed by atoms with Gasteiger partial charge in [-0.05, 0) is 24.6 Å². The van der Waals surface area contributed by atoms with Crippen molar-refractivity contribution in [2.75, 3.05) is 6.54 Å². The number of aryl methyl sites for hydroxylation is 1. The van der Waals surface area contributed by atoms with Crippen LogP contribution in [-0.2, 0) is 6.42 Å². The van der Waals surface area contributed by atoms with Crippen molar-refractivity contribution in [1.82, 2.24) is 10.3 Å². The molecular formula is C16H12ClN3O. The minimum atomic E-state index is -0.176. The molecule has 0 bridgehead atoms. The Balaban J connectivity index is 2.36. The smallest absolute Gasteiger partial charge is 0.253 e. The van der Waals surface area contributed by atoms with E-state index in [0.717, 1.165) is 11.3 Å². The van der Waals surface area contributed by atoms with Gasteiger partial charge in [-0.2, -0.15) is 5.26 Å². The lowest BCUT2D eigenvalue weighted by Gasteiger charge is -2.21. The molecular weight excluding hydrogens is 286 g/mol. The number of aromatic nitrogens is 1. The summed E-state index contributed by atoms with van der Waals surface area (Å²) in [7, 11) is 0. The van der Waals surface area contributed by atoms with Gasteiger partial charge in [-0.1, -0.05) is 23.7 Å². The van der Waals surface area contributed by atoms with Crippen LogP contribution < -0.4 is 5.32 Å². The van der Waals surface area contributed by atoms with Gasteiger partial charge < -0.3 is 5.32 Å². The molecule has 0 unspecified atom stereocenters. The van der Waals surface area contributed by atoms with Gasteiger partial charge in [0.25, 0.3) is 5.91 Å². The van der Waals surface area contributed by atoms with E-state index in [9.17, 15) is 10.1 Å². The number of rotatable bonds is 1. The third kappa shape index (κ3) is 2.26. The van der Waals surface area contributed by atoms with Gasteiger partial charge in [-0.25, -0.2) is 0 Å². The molecule has 21 heavy (non-hydrogen) atoms. The monoisotopic (exact) mass is 297 g/mol. The highest BCUT2D eigenvalue weighted by Gasteiger charge is 2.26. The summed E-state index contributed by atoms with van der Waals surface area (Å²) in [6.45, 7) is 2.37. The summed E-state index contributed by atoms with van der Waals surface area (Å²) >= 11 is 5.92. The van der Waals surface area contributed by atoms with Gasteiger partial charge in [0.2, 0.25) is 0 Å². The second kappa shape index (κ2) is 5.19. The molecule has 0 atom stereocenters. The zero-order valence-corrected chi connectivity index (χ0v) is 12.2. The number of hydrogen-bond donors (Lipinski definition) is 1. The minimum absolute atomic E-state index is 0.176. The first-order chi connectivity index (χ1) is 10.1. The zero-order valence-electron chi connectivity index (χ0n) is 11.4. The first-order valence-electron chi connectivity index (χ1n) is 6.59. The average Bonchev–Trinajstić information content (AvgIpc) is 2.47. The second-order valence-electron chi connectivity index (χ2n) is 4.89. The van der Waals surface area contributed by atoms with Crippen molar-refractivity contribution < 1.29 is 4.79 Å². The van der Waals surface area contributed by atoms with E-state index >= 15 is 0 Å². The third-order valence-electron chi connectivity index (χ3n) is 3.57. The van der Waals surface area contributed by atoms with E-state index in [1.807, 2.05) is 12.1 Å². The fourth-order valence-corrected chi connectivity index (χ4v) is 2.74. The molecule has 0 fully saturated rings. The number of halogens is 1. The maximum absolute atomic E-state index is 12.2. The highest BCUT2D eigenvalue weighted by Crippen LogP contribution is 2.32. The highest BCUT2D eigenvalue weighted by atomic mass is 35.5. The topological polar surface area (TPSA) is 65.8 Å². The number of hydrogen-bond acceptors (Lipinski definition) is 3. The van der Waals surface area contributed by atoms with Crippen LogP contribution in [0.3, 0.4) is 0 Å². The SMILES string of the molecule is Cc1nc2c(c(-c3ccc(Cl)cc3)c1C#N)C(=O)NCC2. The molecule has 1 N–H and O–H groups in total. The van der Waals surface area contributed by atoms with E-state index in [4.69, 9.17) is 11.6 Å². The van der Waals surface area contributed by atoms with Gasteiger partial charge >= 0.3 is 0 Å². The predicted octanol–water partition coefficient (Wildman–Crippen LogP) is 2.87. The molecule has 3 rings (SSSR count). The van der Waals surface area contributed by atoms with Crippen LogP contribution >= 0.6 is 11.6 Å². The molecule has 1 aliphatic heterocycles. The predicted molar refractivity (Wildman–Crippen MR) is 80.2 cm³/mol. The number of nitriles is 1. The lowest BCUT2D eigenvalue weighted by molar-refractivity contribution is 0.0945. The van der Waals surface area contributed by atoms with Crippen LogP contribution in [-0.4, -0.2) is 17.4 Å². The van der Waals surface area contributed by atoms with Crippen molar-refractivity contribution in [2.45, 2.75) is 13.3 Å². The highest BCUT2D eigenvalue weighted by molar-refractivity contribution is 6.30. The third-order valence-corrected chi connectivity index (χ3v) is 3.82. The molecule has 0 saturated carbocycles. The van der Waals surface area contributed by atoms with Gasteiger partial charge in [0, 0.05) is 23.6 Å². The van der Waals surface area contributed by atoms with Crippen molar-refractivity contribution in [2.24, 2.45) is 0 Å². The van der Waals surface area contributed by atoms with Crippen molar-refractivity contribution in [3.8, 4) is 17.2 Å². The Labute approximate surface area is 127 Å². The van der Waals surface area contributed by atoms with Gasteiger partial charge in [0.1, 0.15) is 6.07 Å². The first kappa shape index (κ1) is 13.6. The van der Waals surface area contributed by atoms with Crippen molar-refractivity contribution >= 4 is 17.5 Å². The van der Waals surface area contributed by atoms with E-state index in [1.54, 1.807) is 19.1 Å². The van der Waals surface area contributed by atoms with E-state index in [-0.39, 0.29) is 5.91 Å². The summed E-state index contributed by atoms with van der Waals surface area (Å²) in [6, 6.07) is 9.31. The molecule has 2 heterocycles. The number of carbonyl (C=O) groups is 1. The van der Waals surface area contributed by atoms with Crippen LogP contribution in [0.15, 0.2) is 24.3 Å². The number of nitrogens with zero attached hydrogens (tertiary/aromatic N) is 2. The second-order valence-corrected chi connectivity index (χ2v) is 5.33. The molecule has 0 radical (unpaired) electrons. The van der Waals surface area contributed by atoms with E-state index < -0.39 is 0 Å². The molecule has 1 amide bonds. The number of carbonyl (C=O) groups excluding carboxylic acids is 1. The van der Waals surface area contributed by atoms with E-state index in [1.165, 1.54) is 0 Å². The first-order valence-corrected chi connectivity index (χ1v) is 6.97. The zero-order chi connectivity index (χ0) is 15.0. The Hall–Kier alpha value is -2.38. The number of pyridine rings is 1. The van der Waals surface area contributed by atoms with Crippen molar-refractivity contribution in [3.63, 3.8) is 0 Å². The molecule has 4 nitrogen and oxygen atoms in total. The normalized spacial score (nSPS) is 13.3. The quantitative estimate of drug-likeness (QED) is 0.880. The fourth-order valence-electron chi connectivity index (χ4n) is 2.61. The van der Waals surface area contributed by atoms with E-state index in [0.29, 0.717) is 40.4 Å². The Morgan fingerprint density at radius 3 is 2.67 bits per heavy atom. The minimum Gasteiger partial charge on any atom is -0.352 e. The van der Waals surface area contributed by atoms with Crippen LogP contribution in [0.1, 0.15) is 27.3 Å². The van der Waals surface area contributed by atoms with Crippen LogP contribution in [0.4, 0.5) is 0 Å².